The van der Waals surface area contributed by atoms with Crippen molar-refractivity contribution < 1.29 is 4.39 Å². The monoisotopic (exact) mass is 280 g/mol. The van der Waals surface area contributed by atoms with Gasteiger partial charge in [0, 0.05) is 10.9 Å². The molecule has 92 valence electrons. The molecule has 3 heteroatoms. The largest absolute Gasteiger partial charge is 0.207 e. The fourth-order valence-corrected chi connectivity index (χ4v) is 2.09. The van der Waals surface area contributed by atoms with Crippen LogP contribution in [-0.4, -0.2) is 5.88 Å². The highest BCUT2D eigenvalue weighted by Crippen LogP contribution is 2.24. The van der Waals surface area contributed by atoms with Crippen molar-refractivity contribution in [3.05, 3.63) is 70.5 Å². The first-order chi connectivity index (χ1) is 8.70. The number of rotatable bonds is 3. The summed E-state index contributed by atoms with van der Waals surface area (Å²) in [6.07, 6.45) is 1.88. The molecule has 0 unspecified atom stereocenters. The lowest BCUT2D eigenvalue weighted by Gasteiger charge is -2.05. The summed E-state index contributed by atoms with van der Waals surface area (Å²) in [6.45, 7) is 0. The molecule has 0 aliphatic carbocycles. The molecule has 0 radical (unpaired) electrons. The molecule has 2 rings (SSSR count). The Morgan fingerprint density at radius 3 is 2.56 bits per heavy atom. The van der Waals surface area contributed by atoms with E-state index in [9.17, 15) is 4.39 Å². The zero-order valence-corrected chi connectivity index (χ0v) is 11.0. The molecule has 0 bridgehead atoms. The molecule has 2 aromatic rings. The molecule has 0 heterocycles. The molecular weight excluding hydrogens is 270 g/mol. The quantitative estimate of drug-likeness (QED) is 0.532. The highest BCUT2D eigenvalue weighted by atomic mass is 35.5. The van der Waals surface area contributed by atoms with Crippen molar-refractivity contribution in [1.82, 2.24) is 0 Å². The molecule has 0 spiro atoms. The molecular formula is C15H11Cl2F. The normalized spacial score (nSPS) is 11.6. The number of alkyl halides is 1. The molecule has 2 aromatic carbocycles. The Balaban J connectivity index is 2.43. The van der Waals surface area contributed by atoms with Crippen LogP contribution in [0.1, 0.15) is 11.1 Å². The van der Waals surface area contributed by atoms with E-state index >= 15 is 0 Å². The van der Waals surface area contributed by atoms with Crippen molar-refractivity contribution in [3.8, 4) is 0 Å². The average molecular weight is 281 g/mol. The van der Waals surface area contributed by atoms with E-state index < -0.39 is 0 Å². The first kappa shape index (κ1) is 13.1. The Morgan fingerprint density at radius 1 is 1.11 bits per heavy atom. The summed E-state index contributed by atoms with van der Waals surface area (Å²) in [5.41, 5.74) is 2.48. The third kappa shape index (κ3) is 3.12. The van der Waals surface area contributed by atoms with Gasteiger partial charge in [-0.1, -0.05) is 41.9 Å². The van der Waals surface area contributed by atoms with E-state index in [0.29, 0.717) is 10.9 Å². The van der Waals surface area contributed by atoms with E-state index in [1.807, 2.05) is 36.4 Å². The Kier molecular flexibility index (Phi) is 4.40. The first-order valence-electron chi connectivity index (χ1n) is 5.47. The second-order valence-electron chi connectivity index (χ2n) is 3.84. The first-order valence-corrected chi connectivity index (χ1v) is 6.39. The molecule has 0 aliphatic rings. The predicted octanol–water partition coefficient (Wildman–Crippen LogP) is 5.26. The second-order valence-corrected chi connectivity index (χ2v) is 4.51. The minimum absolute atomic E-state index is 0.275. The molecule has 0 saturated carbocycles. The lowest BCUT2D eigenvalue weighted by Crippen LogP contribution is -1.88. The van der Waals surface area contributed by atoms with E-state index in [4.69, 9.17) is 23.2 Å². The summed E-state index contributed by atoms with van der Waals surface area (Å²) < 4.78 is 13.2. The predicted molar refractivity (Wildman–Crippen MR) is 76.4 cm³/mol. The summed E-state index contributed by atoms with van der Waals surface area (Å²) in [4.78, 5) is 0. The number of halogens is 3. The molecule has 0 amide bonds. The van der Waals surface area contributed by atoms with Gasteiger partial charge in [0.25, 0.3) is 0 Å². The van der Waals surface area contributed by atoms with Crippen LogP contribution in [0.15, 0.2) is 48.5 Å². The van der Waals surface area contributed by atoms with Crippen molar-refractivity contribution in [1.29, 1.82) is 0 Å². The van der Waals surface area contributed by atoms with Gasteiger partial charge in [0.2, 0.25) is 0 Å². The highest BCUT2D eigenvalue weighted by Gasteiger charge is 2.03. The maximum atomic E-state index is 13.2. The third-order valence-corrected chi connectivity index (χ3v) is 3.21. The van der Waals surface area contributed by atoms with E-state index in [1.165, 1.54) is 12.1 Å². The smallest absolute Gasteiger partial charge is 0.123 e. The highest BCUT2D eigenvalue weighted by molar-refractivity contribution is 6.32. The molecule has 0 N–H and O–H groups in total. The molecule has 0 fully saturated rings. The van der Waals surface area contributed by atoms with Crippen LogP contribution >= 0.6 is 23.2 Å². The third-order valence-electron chi connectivity index (χ3n) is 2.57. The van der Waals surface area contributed by atoms with Crippen molar-refractivity contribution in [3.63, 3.8) is 0 Å². The fraction of sp³-hybridized carbons (Fsp3) is 0.0667. The fourth-order valence-electron chi connectivity index (χ4n) is 1.67. The van der Waals surface area contributed by atoms with Crippen LogP contribution in [0.25, 0.3) is 11.6 Å². The lowest BCUT2D eigenvalue weighted by atomic mass is 10.0. The number of hydrogen-bond acceptors (Lipinski definition) is 0. The minimum atomic E-state index is -0.275. The van der Waals surface area contributed by atoms with Crippen molar-refractivity contribution in [2.45, 2.75) is 0 Å². The zero-order valence-electron chi connectivity index (χ0n) is 9.54. The number of hydrogen-bond donors (Lipinski definition) is 0. The van der Waals surface area contributed by atoms with Gasteiger partial charge in [-0.15, -0.1) is 11.6 Å². The van der Waals surface area contributed by atoms with Gasteiger partial charge in [-0.05, 0) is 41.0 Å². The Labute approximate surface area is 116 Å². The molecule has 0 atom stereocenters. The van der Waals surface area contributed by atoms with Gasteiger partial charge in [0.1, 0.15) is 5.82 Å². The maximum absolute atomic E-state index is 13.2. The summed E-state index contributed by atoms with van der Waals surface area (Å²) in [5.74, 6) is 0.0250. The van der Waals surface area contributed by atoms with Crippen LogP contribution in [0.5, 0.6) is 0 Å². The van der Waals surface area contributed by atoms with Crippen molar-refractivity contribution >= 4 is 34.9 Å². The van der Waals surface area contributed by atoms with Crippen LogP contribution in [0.2, 0.25) is 5.02 Å². The van der Waals surface area contributed by atoms with Gasteiger partial charge in [0.15, 0.2) is 0 Å². The molecule has 0 aliphatic heterocycles. The van der Waals surface area contributed by atoms with E-state index in [-0.39, 0.29) is 5.82 Å². The maximum Gasteiger partial charge on any atom is 0.123 e. The minimum Gasteiger partial charge on any atom is -0.207 e. The van der Waals surface area contributed by atoms with Crippen LogP contribution in [0.4, 0.5) is 4.39 Å². The van der Waals surface area contributed by atoms with Crippen LogP contribution in [-0.2, 0) is 0 Å². The molecule has 0 saturated heterocycles. The van der Waals surface area contributed by atoms with Crippen molar-refractivity contribution in [2.24, 2.45) is 0 Å². The second kappa shape index (κ2) is 6.03. The summed E-state index contributed by atoms with van der Waals surface area (Å²) in [7, 11) is 0. The topological polar surface area (TPSA) is 0 Å². The van der Waals surface area contributed by atoms with Crippen LogP contribution < -0.4 is 0 Å². The Hall–Kier alpha value is -1.31. The number of allylic oxidation sites excluding steroid dienone is 1. The standard InChI is InChI=1S/C15H11Cl2F/c16-10-13(11-5-3-6-14(18)9-11)8-12-4-1-2-7-15(12)17/h1-9H,10H2/b13-8+. The average Bonchev–Trinajstić information content (AvgIpc) is 2.38. The summed E-state index contributed by atoms with van der Waals surface area (Å²) >= 11 is 12.0. The Bertz CT molecular complexity index is 576. The molecule has 0 aromatic heterocycles. The van der Waals surface area contributed by atoms with Crippen LogP contribution in [0.3, 0.4) is 0 Å². The molecule has 0 nitrogen and oxygen atoms in total. The SMILES string of the molecule is Fc1cccc(/C(=C/c2ccccc2Cl)CCl)c1. The number of benzene rings is 2. The zero-order chi connectivity index (χ0) is 13.0. The van der Waals surface area contributed by atoms with E-state index in [0.717, 1.165) is 16.7 Å². The van der Waals surface area contributed by atoms with Crippen molar-refractivity contribution in [2.75, 3.05) is 5.88 Å². The van der Waals surface area contributed by atoms with Gasteiger partial charge in [-0.2, -0.15) is 0 Å². The van der Waals surface area contributed by atoms with E-state index in [1.54, 1.807) is 6.07 Å². The molecule has 18 heavy (non-hydrogen) atoms. The summed E-state index contributed by atoms with van der Waals surface area (Å²) in [6, 6.07) is 13.8. The van der Waals surface area contributed by atoms with Gasteiger partial charge in [-0.25, -0.2) is 4.39 Å². The Morgan fingerprint density at radius 2 is 1.89 bits per heavy atom. The van der Waals surface area contributed by atoms with Gasteiger partial charge in [0.05, 0.1) is 0 Å². The van der Waals surface area contributed by atoms with Gasteiger partial charge < -0.3 is 0 Å². The lowest BCUT2D eigenvalue weighted by molar-refractivity contribution is 0.627. The van der Waals surface area contributed by atoms with E-state index in [2.05, 4.69) is 0 Å². The van der Waals surface area contributed by atoms with Crippen LogP contribution in [0, 0.1) is 5.82 Å². The van der Waals surface area contributed by atoms with Gasteiger partial charge in [-0.3, -0.25) is 0 Å². The van der Waals surface area contributed by atoms with Gasteiger partial charge >= 0.3 is 0 Å². The summed E-state index contributed by atoms with van der Waals surface area (Å²) in [5, 5.41) is 0.650.